The van der Waals surface area contributed by atoms with Gasteiger partial charge in [0.1, 0.15) is 10.5 Å². The lowest BCUT2D eigenvalue weighted by Gasteiger charge is -2.47. The summed E-state index contributed by atoms with van der Waals surface area (Å²) in [7, 11) is -4.39. The Hall–Kier alpha value is 1.14. The summed E-state index contributed by atoms with van der Waals surface area (Å²) >= 11 is 0. The van der Waals surface area contributed by atoms with Gasteiger partial charge in [0.2, 0.25) is 9.76 Å². The zero-order valence-corrected chi connectivity index (χ0v) is 24.3. The van der Waals surface area contributed by atoms with Gasteiger partial charge in [0.05, 0.1) is 5.73 Å². The second-order valence-electron chi connectivity index (χ2n) is 8.55. The van der Waals surface area contributed by atoms with E-state index in [-0.39, 0.29) is 5.73 Å². The molecular weight excluding hydrogens is 365 g/mol. The molecular formula is C11H36O4Si6. The van der Waals surface area contributed by atoms with Gasteiger partial charge in [-0.3, -0.25) is 0 Å². The topological polar surface area (TPSA) is 36.9 Å². The summed E-state index contributed by atoms with van der Waals surface area (Å²) in [5, 5.41) is 0. The van der Waals surface area contributed by atoms with Crippen molar-refractivity contribution < 1.29 is 17.4 Å². The lowest BCUT2D eigenvalue weighted by atomic mass is 10.7. The first-order valence-electron chi connectivity index (χ1n) is 7.67. The van der Waals surface area contributed by atoms with Crippen LogP contribution < -0.4 is 0 Å². The van der Waals surface area contributed by atoms with Gasteiger partial charge in [0.25, 0.3) is 0 Å². The van der Waals surface area contributed by atoms with Crippen LogP contribution in [0, 0.1) is 0 Å². The third-order valence-electron chi connectivity index (χ3n) is 2.45. The van der Waals surface area contributed by atoms with E-state index in [0.717, 1.165) is 20.7 Å². The molecule has 1 atom stereocenters. The molecule has 0 aliphatic heterocycles. The Labute approximate surface area is 143 Å². The minimum atomic E-state index is -1.74. The van der Waals surface area contributed by atoms with Gasteiger partial charge in [-0.05, 0) is 58.9 Å². The molecule has 21 heavy (non-hydrogen) atoms. The van der Waals surface area contributed by atoms with Crippen molar-refractivity contribution in [1.82, 2.24) is 0 Å². The second kappa shape index (κ2) is 7.81. The van der Waals surface area contributed by atoms with Crippen LogP contribution in [0.2, 0.25) is 58.9 Å². The number of rotatable bonds is 9. The van der Waals surface area contributed by atoms with E-state index in [9.17, 15) is 0 Å². The molecule has 0 saturated heterocycles. The Balaban J connectivity index is 5.55. The molecule has 0 aliphatic rings. The Kier molecular flexibility index (Phi) is 8.23. The van der Waals surface area contributed by atoms with Gasteiger partial charge in [0, 0.05) is 10.2 Å². The summed E-state index contributed by atoms with van der Waals surface area (Å²) < 4.78 is 25.4. The fourth-order valence-electron chi connectivity index (χ4n) is 2.22. The van der Waals surface area contributed by atoms with Crippen LogP contribution in [0.15, 0.2) is 0 Å². The fourth-order valence-corrected chi connectivity index (χ4v) is 14.5. The van der Waals surface area contributed by atoms with E-state index in [2.05, 4.69) is 58.9 Å². The molecule has 0 aromatic carbocycles. The van der Waals surface area contributed by atoms with E-state index in [0.29, 0.717) is 0 Å². The molecule has 0 rings (SSSR count). The van der Waals surface area contributed by atoms with E-state index in [1.807, 2.05) is 0 Å². The van der Waals surface area contributed by atoms with E-state index in [1.165, 1.54) is 0 Å². The summed E-state index contributed by atoms with van der Waals surface area (Å²) in [6, 6.07) is 0. The molecule has 0 aliphatic carbocycles. The Morgan fingerprint density at radius 3 is 1.43 bits per heavy atom. The highest BCUT2D eigenvalue weighted by atomic mass is 28.4. The average Bonchev–Trinajstić information content (AvgIpc) is 2.08. The maximum Gasteiger partial charge on any atom is 0.214 e. The highest BCUT2D eigenvalue weighted by Gasteiger charge is 2.47. The molecule has 0 amide bonds. The normalized spacial score (nSPS) is 17.0. The molecule has 10 heteroatoms. The molecule has 0 N–H and O–H groups in total. The molecule has 0 aromatic rings. The smallest absolute Gasteiger partial charge is 0.214 e. The molecule has 0 saturated carbocycles. The maximum absolute atomic E-state index is 6.59. The predicted octanol–water partition coefficient (Wildman–Crippen LogP) is 0.267. The Bertz CT molecular complexity index is 304. The number of hydrogen-bond acceptors (Lipinski definition) is 4. The van der Waals surface area contributed by atoms with Gasteiger partial charge in [-0.15, -0.1) is 0 Å². The van der Waals surface area contributed by atoms with Crippen molar-refractivity contribution in [3.63, 3.8) is 0 Å². The average molecular weight is 401 g/mol. The summed E-state index contributed by atoms with van der Waals surface area (Å²) in [5.74, 6) is 0. The zero-order chi connectivity index (χ0) is 17.1. The van der Waals surface area contributed by atoms with Crippen LogP contribution in [0.1, 0.15) is 0 Å². The monoisotopic (exact) mass is 400 g/mol. The minimum absolute atomic E-state index is 0.0724. The first-order valence-corrected chi connectivity index (χ1v) is 21.2. The third kappa shape index (κ3) is 9.78. The van der Waals surface area contributed by atoms with Gasteiger partial charge in [0.15, 0.2) is 30.4 Å². The summed E-state index contributed by atoms with van der Waals surface area (Å²) in [4.78, 5) is 0. The van der Waals surface area contributed by atoms with Crippen molar-refractivity contribution in [2.45, 2.75) is 70.1 Å². The molecule has 0 radical (unpaired) electrons. The van der Waals surface area contributed by atoms with Crippen LogP contribution in [0.5, 0.6) is 0 Å². The van der Waals surface area contributed by atoms with Crippen LogP contribution in [-0.2, 0) is 17.4 Å². The molecule has 1 unspecified atom stereocenters. The molecule has 128 valence electrons. The van der Waals surface area contributed by atoms with Crippen LogP contribution in [-0.4, -0.2) is 66.6 Å². The van der Waals surface area contributed by atoms with Crippen molar-refractivity contribution in [2.24, 2.45) is 0 Å². The van der Waals surface area contributed by atoms with E-state index >= 15 is 0 Å². The zero-order valence-electron chi connectivity index (χ0n) is 15.9. The quantitative estimate of drug-likeness (QED) is 0.411. The largest absolute Gasteiger partial charge is 0.464 e. The maximum atomic E-state index is 6.59. The van der Waals surface area contributed by atoms with Crippen LogP contribution in [0.4, 0.5) is 0 Å². The van der Waals surface area contributed by atoms with Gasteiger partial charge in [-0.2, -0.15) is 0 Å². The lowest BCUT2D eigenvalue weighted by Crippen LogP contribution is -2.63. The van der Waals surface area contributed by atoms with Crippen LogP contribution in [0.25, 0.3) is 0 Å². The first kappa shape index (κ1) is 22.1. The molecule has 0 spiro atoms. The standard InChI is InChI=1S/C11H36O4Si6/c1-19(2,3)12-10(16)11(18-15-17,13-20(4,5)6)14-21(7,8)9/h10H,18H2,1-9,16-17H3. The van der Waals surface area contributed by atoms with Crippen molar-refractivity contribution in [3.05, 3.63) is 0 Å². The van der Waals surface area contributed by atoms with Gasteiger partial charge in [-0.25, -0.2) is 0 Å². The second-order valence-corrected chi connectivity index (χ2v) is 26.5. The van der Waals surface area contributed by atoms with Crippen molar-refractivity contribution in [2.75, 3.05) is 0 Å². The minimum Gasteiger partial charge on any atom is -0.464 e. The van der Waals surface area contributed by atoms with Crippen LogP contribution in [0.3, 0.4) is 0 Å². The van der Waals surface area contributed by atoms with Crippen molar-refractivity contribution >= 4 is 55.4 Å². The first-order chi connectivity index (χ1) is 9.10. The van der Waals surface area contributed by atoms with Crippen LogP contribution >= 0.6 is 0 Å². The molecule has 0 heterocycles. The lowest BCUT2D eigenvalue weighted by molar-refractivity contribution is -0.108. The third-order valence-corrected chi connectivity index (χ3v) is 10.8. The van der Waals surface area contributed by atoms with E-state index in [4.69, 9.17) is 17.4 Å². The van der Waals surface area contributed by atoms with E-state index in [1.54, 1.807) is 0 Å². The SMILES string of the molecule is C[Si](C)(C)OC([SiH3])C(O[Si](C)(C)C)(O[Si](C)(C)C)[SiH2]O[SiH3]. The highest BCUT2D eigenvalue weighted by Crippen LogP contribution is 2.29. The molecule has 0 aromatic heterocycles. The molecule has 0 bridgehead atoms. The Morgan fingerprint density at radius 1 is 0.810 bits per heavy atom. The number of hydrogen-bond donors (Lipinski definition) is 0. The molecule has 4 nitrogen and oxygen atoms in total. The molecule has 0 fully saturated rings. The summed E-state index contributed by atoms with van der Waals surface area (Å²) in [5.41, 5.74) is -0.494. The van der Waals surface area contributed by atoms with Gasteiger partial charge in [-0.1, -0.05) is 0 Å². The van der Waals surface area contributed by atoms with Gasteiger partial charge >= 0.3 is 0 Å². The van der Waals surface area contributed by atoms with Crippen molar-refractivity contribution in [3.8, 4) is 0 Å². The van der Waals surface area contributed by atoms with Crippen molar-refractivity contribution in [1.29, 1.82) is 0 Å². The highest BCUT2D eigenvalue weighted by molar-refractivity contribution is 6.72. The summed E-state index contributed by atoms with van der Waals surface area (Å²) in [6.45, 7) is 20.0. The predicted molar refractivity (Wildman–Crippen MR) is 109 cm³/mol. The summed E-state index contributed by atoms with van der Waals surface area (Å²) in [6.07, 6.45) is 0. The van der Waals surface area contributed by atoms with E-state index < -0.39 is 40.1 Å². The Morgan fingerprint density at radius 2 is 1.19 bits per heavy atom. The fraction of sp³-hybridized carbons (Fsp3) is 1.00. The van der Waals surface area contributed by atoms with Gasteiger partial charge < -0.3 is 17.4 Å².